The Morgan fingerprint density at radius 3 is 3.08 bits per heavy atom. The number of aryl methyl sites for hydroxylation is 1. The monoisotopic (exact) mass is 362 g/mol. The van der Waals surface area contributed by atoms with Crippen LogP contribution >= 0.6 is 11.3 Å². The Bertz CT molecular complexity index is 697. The lowest BCUT2D eigenvalue weighted by molar-refractivity contribution is -0.124. The second-order valence-corrected chi connectivity index (χ2v) is 7.64. The van der Waals surface area contributed by atoms with Gasteiger partial charge in [-0.15, -0.1) is 11.3 Å². The van der Waals surface area contributed by atoms with Crippen LogP contribution in [0.25, 0.3) is 0 Å². The molecule has 1 atom stereocenters. The summed E-state index contributed by atoms with van der Waals surface area (Å²) in [4.78, 5) is 15.5. The molecule has 0 fully saturated rings. The van der Waals surface area contributed by atoms with E-state index in [1.807, 2.05) is 17.5 Å². The maximum absolute atomic E-state index is 11.6. The van der Waals surface area contributed by atoms with Crippen molar-refractivity contribution in [2.24, 2.45) is 5.92 Å². The number of amides is 1. The molecule has 6 nitrogen and oxygen atoms in total. The molecule has 0 aliphatic carbocycles. The number of methoxy groups -OCH3 is 1. The summed E-state index contributed by atoms with van der Waals surface area (Å²) in [5.74, 6) is 0.409. The predicted octanol–water partition coefficient (Wildman–Crippen LogP) is 2.04. The molecule has 0 saturated carbocycles. The number of thiophene rings is 1. The summed E-state index contributed by atoms with van der Waals surface area (Å²) in [6, 6.07) is 4.29. The molecule has 1 N–H and O–H groups in total. The smallest absolute Gasteiger partial charge is 0.245 e. The fourth-order valence-corrected chi connectivity index (χ4v) is 4.24. The van der Waals surface area contributed by atoms with Crippen LogP contribution in [0.2, 0.25) is 0 Å². The van der Waals surface area contributed by atoms with Gasteiger partial charge in [0.05, 0.1) is 5.69 Å². The Hall–Kier alpha value is -1.70. The number of carbonyl (C=O) groups excluding carboxylic acids is 1. The van der Waals surface area contributed by atoms with Gasteiger partial charge in [0.15, 0.2) is 0 Å². The molecule has 1 unspecified atom stereocenters. The largest absolute Gasteiger partial charge is 0.375 e. The van der Waals surface area contributed by atoms with Gasteiger partial charge in [0.25, 0.3) is 0 Å². The zero-order valence-corrected chi connectivity index (χ0v) is 15.7. The highest BCUT2D eigenvalue weighted by atomic mass is 32.1. The first-order valence-electron chi connectivity index (χ1n) is 8.67. The summed E-state index contributed by atoms with van der Waals surface area (Å²) < 4.78 is 6.97. The van der Waals surface area contributed by atoms with Crippen LogP contribution < -0.4 is 5.32 Å². The number of carbonyl (C=O) groups is 1. The number of rotatable bonds is 7. The molecule has 1 amide bonds. The number of aromatic nitrogens is 2. The molecule has 136 valence electrons. The van der Waals surface area contributed by atoms with E-state index < -0.39 is 0 Å². The van der Waals surface area contributed by atoms with Crippen molar-refractivity contribution in [1.29, 1.82) is 0 Å². The standard InChI is InChI=1S/C18H26N4O2S/c1-14-5-8-25-17(14)12-21-9-15(3-6-19-18(23)13-24-2)10-22-16(11-21)4-7-20-22/h4-5,7-8,15H,3,6,9-13H2,1-2H3,(H,19,23). The Morgan fingerprint density at radius 2 is 2.32 bits per heavy atom. The van der Waals surface area contributed by atoms with Gasteiger partial charge < -0.3 is 10.1 Å². The fraction of sp³-hybridized carbons (Fsp3) is 0.556. The van der Waals surface area contributed by atoms with Gasteiger partial charge in [0.1, 0.15) is 6.61 Å². The van der Waals surface area contributed by atoms with Gasteiger partial charge in [-0.25, -0.2) is 0 Å². The quantitative estimate of drug-likeness (QED) is 0.819. The van der Waals surface area contributed by atoms with Crippen LogP contribution in [0.1, 0.15) is 22.6 Å². The minimum absolute atomic E-state index is 0.0537. The molecule has 0 saturated heterocycles. The molecule has 2 aromatic heterocycles. The van der Waals surface area contributed by atoms with Crippen LogP contribution in [0.15, 0.2) is 23.7 Å². The second kappa shape index (κ2) is 8.60. The number of nitrogens with zero attached hydrogens (tertiary/aromatic N) is 3. The summed E-state index contributed by atoms with van der Waals surface area (Å²) in [5.41, 5.74) is 2.63. The van der Waals surface area contributed by atoms with Gasteiger partial charge in [0.2, 0.25) is 5.91 Å². The first kappa shape index (κ1) is 18.1. The molecule has 0 aromatic carbocycles. The minimum Gasteiger partial charge on any atom is -0.375 e. The Labute approximate surface area is 152 Å². The predicted molar refractivity (Wildman–Crippen MR) is 98.4 cm³/mol. The van der Waals surface area contributed by atoms with E-state index in [9.17, 15) is 4.79 Å². The number of hydrogen-bond donors (Lipinski definition) is 1. The van der Waals surface area contributed by atoms with Crippen LogP contribution in [0.3, 0.4) is 0 Å². The molecule has 2 aromatic rings. The number of hydrogen-bond acceptors (Lipinski definition) is 5. The molecule has 0 spiro atoms. The lowest BCUT2D eigenvalue weighted by Gasteiger charge is -2.23. The van der Waals surface area contributed by atoms with Crippen molar-refractivity contribution < 1.29 is 9.53 Å². The maximum atomic E-state index is 11.6. The molecule has 7 heteroatoms. The molecule has 0 bridgehead atoms. The zero-order chi connectivity index (χ0) is 17.6. The molecule has 1 aliphatic heterocycles. The van der Waals surface area contributed by atoms with E-state index in [0.29, 0.717) is 12.5 Å². The van der Waals surface area contributed by atoms with Gasteiger partial charge >= 0.3 is 0 Å². The molecular weight excluding hydrogens is 336 g/mol. The normalized spacial score (nSPS) is 17.9. The zero-order valence-electron chi connectivity index (χ0n) is 14.9. The van der Waals surface area contributed by atoms with E-state index in [1.165, 1.54) is 23.2 Å². The highest BCUT2D eigenvalue weighted by Crippen LogP contribution is 2.23. The van der Waals surface area contributed by atoms with Crippen molar-refractivity contribution in [1.82, 2.24) is 20.0 Å². The molecule has 0 radical (unpaired) electrons. The summed E-state index contributed by atoms with van der Waals surface area (Å²) in [6.45, 7) is 6.79. The van der Waals surface area contributed by atoms with Crippen molar-refractivity contribution in [2.75, 3.05) is 26.8 Å². The highest BCUT2D eigenvalue weighted by Gasteiger charge is 2.23. The van der Waals surface area contributed by atoms with E-state index in [2.05, 4.69) is 44.4 Å². The van der Waals surface area contributed by atoms with Gasteiger partial charge in [-0.3, -0.25) is 14.4 Å². The van der Waals surface area contributed by atoms with Gasteiger partial charge in [0, 0.05) is 50.9 Å². The second-order valence-electron chi connectivity index (χ2n) is 6.64. The minimum atomic E-state index is -0.0537. The van der Waals surface area contributed by atoms with E-state index in [0.717, 1.165) is 32.6 Å². The van der Waals surface area contributed by atoms with Crippen LogP contribution in [0.5, 0.6) is 0 Å². The SMILES string of the molecule is COCC(=O)NCCC1CN(Cc2sccc2C)Cc2ccnn2C1. The van der Waals surface area contributed by atoms with Gasteiger partial charge in [-0.2, -0.15) is 5.10 Å². The average Bonchev–Trinajstić information content (AvgIpc) is 3.13. The summed E-state index contributed by atoms with van der Waals surface area (Å²) in [5, 5.41) is 9.56. The lowest BCUT2D eigenvalue weighted by Crippen LogP contribution is -2.32. The average molecular weight is 362 g/mol. The highest BCUT2D eigenvalue weighted by molar-refractivity contribution is 7.10. The van der Waals surface area contributed by atoms with Crippen LogP contribution in [0.4, 0.5) is 0 Å². The molecule has 3 heterocycles. The third kappa shape index (κ3) is 4.90. The Kier molecular flexibility index (Phi) is 6.23. The van der Waals surface area contributed by atoms with Gasteiger partial charge in [-0.1, -0.05) is 0 Å². The number of nitrogens with one attached hydrogen (secondary N) is 1. The Morgan fingerprint density at radius 1 is 1.44 bits per heavy atom. The topological polar surface area (TPSA) is 59.4 Å². The molecular formula is C18H26N4O2S. The molecule has 3 rings (SSSR count). The number of ether oxygens (including phenoxy) is 1. The van der Waals surface area contributed by atoms with Crippen molar-refractivity contribution in [3.05, 3.63) is 39.8 Å². The van der Waals surface area contributed by atoms with Crippen molar-refractivity contribution in [3.8, 4) is 0 Å². The van der Waals surface area contributed by atoms with Crippen LogP contribution in [-0.4, -0.2) is 47.4 Å². The fourth-order valence-electron chi connectivity index (χ4n) is 3.29. The maximum Gasteiger partial charge on any atom is 0.245 e. The van der Waals surface area contributed by atoms with Crippen LogP contribution in [0, 0.1) is 12.8 Å². The van der Waals surface area contributed by atoms with Crippen LogP contribution in [-0.2, 0) is 29.2 Å². The third-order valence-corrected chi connectivity index (χ3v) is 5.63. The first-order chi connectivity index (χ1) is 12.2. The first-order valence-corrected chi connectivity index (χ1v) is 9.55. The van der Waals surface area contributed by atoms with E-state index >= 15 is 0 Å². The van der Waals surface area contributed by atoms with Crippen molar-refractivity contribution in [3.63, 3.8) is 0 Å². The summed E-state index contributed by atoms with van der Waals surface area (Å²) >= 11 is 1.83. The summed E-state index contributed by atoms with van der Waals surface area (Å²) in [7, 11) is 1.54. The Balaban J connectivity index is 1.62. The van der Waals surface area contributed by atoms with Gasteiger partial charge in [-0.05, 0) is 42.3 Å². The lowest BCUT2D eigenvalue weighted by atomic mass is 10.1. The van der Waals surface area contributed by atoms with E-state index in [4.69, 9.17) is 4.74 Å². The number of fused-ring (bicyclic) bond motifs is 1. The van der Waals surface area contributed by atoms with Crippen molar-refractivity contribution in [2.45, 2.75) is 33.0 Å². The third-order valence-electron chi connectivity index (χ3n) is 4.62. The van der Waals surface area contributed by atoms with E-state index in [1.54, 1.807) is 0 Å². The summed E-state index contributed by atoms with van der Waals surface area (Å²) in [6.07, 6.45) is 2.82. The molecule has 1 aliphatic rings. The van der Waals surface area contributed by atoms with E-state index in [-0.39, 0.29) is 12.5 Å². The molecule has 25 heavy (non-hydrogen) atoms. The van der Waals surface area contributed by atoms with Crippen molar-refractivity contribution >= 4 is 17.2 Å².